The number of carboxylic acid groups (broad SMARTS) is 1. The highest BCUT2D eigenvalue weighted by atomic mass is 16.6. The van der Waals surface area contributed by atoms with E-state index in [0.29, 0.717) is 5.69 Å². The van der Waals surface area contributed by atoms with Crippen molar-refractivity contribution in [3.05, 3.63) is 34.4 Å². The van der Waals surface area contributed by atoms with Gasteiger partial charge in [-0.3, -0.25) is 29.4 Å². The van der Waals surface area contributed by atoms with Gasteiger partial charge in [0.15, 0.2) is 0 Å². The monoisotopic (exact) mass is 357 g/mol. The Hall–Kier alpha value is -2.97. The number of piperidine rings is 1. The summed E-state index contributed by atoms with van der Waals surface area (Å²) in [6, 6.07) is 6.54. The minimum atomic E-state index is -1.20. The topological polar surface area (TPSA) is 121 Å². The predicted molar refractivity (Wildman–Crippen MR) is 86.1 cm³/mol. The van der Waals surface area contributed by atoms with Gasteiger partial charge in [0, 0.05) is 6.07 Å². The number of carbonyl (C=O) groups excluding carboxylic acids is 2. The molecule has 1 aromatic carbocycles. The third-order valence-corrected chi connectivity index (χ3v) is 6.39. The molecular formula is C17H15N3O6. The molecule has 1 aromatic rings. The number of nitrogens with zero attached hydrogens (tertiary/aromatic N) is 3. The number of para-hydroxylation sites is 2. The van der Waals surface area contributed by atoms with Crippen LogP contribution in [0.1, 0.15) is 6.42 Å². The minimum absolute atomic E-state index is 0.0175. The van der Waals surface area contributed by atoms with E-state index in [9.17, 15) is 24.5 Å². The summed E-state index contributed by atoms with van der Waals surface area (Å²) in [6.45, 7) is -0.590. The normalized spacial score (nSPS) is 36.3. The molecule has 9 heteroatoms. The standard InChI is InChI=1S/C17H15N3O6/c21-11(22)6-18-16(23)12-7-5-8(13(12)17(18)24)15-14(7)19(15)9-3-1-2-4-10(9)20(25)26/h1-4,7-8,12-15H,5-6H2,(H,21,22). The first-order valence-electron chi connectivity index (χ1n) is 8.50. The van der Waals surface area contributed by atoms with Crippen molar-refractivity contribution in [3.63, 3.8) is 0 Å². The summed E-state index contributed by atoms with van der Waals surface area (Å²) in [7, 11) is 0. The summed E-state index contributed by atoms with van der Waals surface area (Å²) in [5, 5.41) is 20.2. The number of likely N-dealkylation sites (tertiary alicyclic amines) is 1. The smallest absolute Gasteiger partial charge is 0.323 e. The van der Waals surface area contributed by atoms with Crippen LogP contribution in [0, 0.1) is 33.8 Å². The SMILES string of the molecule is O=C(O)CN1C(=O)C2C3CC(C2C1=O)C1C3N1c1ccccc1[N+](=O)[O-]. The highest BCUT2D eigenvalue weighted by Gasteiger charge is 2.76. The number of carbonyl (C=O) groups is 3. The van der Waals surface area contributed by atoms with Crippen LogP contribution in [0.4, 0.5) is 11.4 Å². The predicted octanol–water partition coefficient (Wildman–Crippen LogP) is 0.488. The van der Waals surface area contributed by atoms with Crippen LogP contribution >= 0.6 is 0 Å². The summed E-state index contributed by atoms with van der Waals surface area (Å²) in [6.07, 6.45) is 0.750. The molecule has 2 amide bonds. The maximum atomic E-state index is 12.6. The van der Waals surface area contributed by atoms with Crippen LogP contribution in [0.15, 0.2) is 24.3 Å². The molecular weight excluding hydrogens is 342 g/mol. The fourth-order valence-corrected chi connectivity index (χ4v) is 5.62. The first-order chi connectivity index (χ1) is 12.4. The Morgan fingerprint density at radius 2 is 1.73 bits per heavy atom. The molecule has 6 unspecified atom stereocenters. The van der Waals surface area contributed by atoms with Crippen molar-refractivity contribution in [2.45, 2.75) is 18.5 Å². The molecule has 0 radical (unpaired) electrons. The molecule has 0 spiro atoms. The largest absolute Gasteiger partial charge is 0.480 e. The van der Waals surface area contributed by atoms with E-state index >= 15 is 0 Å². The third-order valence-electron chi connectivity index (χ3n) is 6.39. The molecule has 2 heterocycles. The molecule has 5 rings (SSSR count). The fourth-order valence-electron chi connectivity index (χ4n) is 5.62. The van der Waals surface area contributed by atoms with Gasteiger partial charge in [0.05, 0.1) is 28.8 Å². The lowest BCUT2D eigenvalue weighted by atomic mass is 9.81. The van der Waals surface area contributed by atoms with Crippen molar-refractivity contribution in [2.75, 3.05) is 11.4 Å². The number of carboxylic acids is 1. The number of hydrogen-bond donors (Lipinski definition) is 1. The Morgan fingerprint density at radius 3 is 2.27 bits per heavy atom. The molecule has 26 heavy (non-hydrogen) atoms. The number of aliphatic carboxylic acids is 1. The number of nitro benzene ring substituents is 1. The van der Waals surface area contributed by atoms with Crippen molar-refractivity contribution in [1.82, 2.24) is 4.90 Å². The second-order valence-corrected chi connectivity index (χ2v) is 7.41. The van der Waals surface area contributed by atoms with Crippen molar-refractivity contribution < 1.29 is 24.4 Å². The fraction of sp³-hybridized carbons (Fsp3) is 0.471. The minimum Gasteiger partial charge on any atom is -0.480 e. The lowest BCUT2D eigenvalue weighted by molar-refractivity contribution is -0.384. The molecule has 6 atom stereocenters. The number of benzene rings is 1. The summed E-state index contributed by atoms with van der Waals surface area (Å²) in [4.78, 5) is 49.9. The molecule has 2 saturated carbocycles. The average Bonchev–Trinajstić information content (AvgIpc) is 2.96. The van der Waals surface area contributed by atoms with Crippen molar-refractivity contribution in [1.29, 1.82) is 0 Å². The van der Waals surface area contributed by atoms with Crippen molar-refractivity contribution >= 4 is 29.2 Å². The van der Waals surface area contributed by atoms with Gasteiger partial charge >= 0.3 is 5.97 Å². The lowest BCUT2D eigenvalue weighted by Gasteiger charge is -2.19. The Kier molecular flexibility index (Phi) is 2.83. The van der Waals surface area contributed by atoms with Gasteiger partial charge in [0.2, 0.25) is 11.8 Å². The number of rotatable bonds is 4. The van der Waals surface area contributed by atoms with E-state index in [1.165, 1.54) is 6.07 Å². The van der Waals surface area contributed by atoms with Crippen LogP contribution in [0.2, 0.25) is 0 Å². The molecule has 2 aliphatic carbocycles. The van der Waals surface area contributed by atoms with Gasteiger partial charge in [-0.15, -0.1) is 0 Å². The summed E-state index contributed by atoms with van der Waals surface area (Å²) in [5.41, 5.74) is 0.557. The second-order valence-electron chi connectivity index (χ2n) is 7.41. The summed E-state index contributed by atoms with van der Waals surface area (Å²) in [5.74, 6) is -3.08. The van der Waals surface area contributed by atoms with Crippen LogP contribution in [0.3, 0.4) is 0 Å². The van der Waals surface area contributed by atoms with Gasteiger partial charge in [-0.1, -0.05) is 12.1 Å². The number of anilines is 1. The summed E-state index contributed by atoms with van der Waals surface area (Å²) >= 11 is 0. The van der Waals surface area contributed by atoms with Crippen LogP contribution in [-0.4, -0.2) is 51.3 Å². The Balaban J connectivity index is 1.46. The number of fused-ring (bicyclic) bond motifs is 8. The van der Waals surface area contributed by atoms with Crippen LogP contribution in [0.25, 0.3) is 0 Å². The van der Waals surface area contributed by atoms with E-state index in [1.807, 2.05) is 4.90 Å². The third kappa shape index (κ3) is 1.72. The Labute approximate surface area is 147 Å². The first kappa shape index (κ1) is 15.3. The first-order valence-corrected chi connectivity index (χ1v) is 8.50. The highest BCUT2D eigenvalue weighted by Crippen LogP contribution is 2.66. The zero-order chi connectivity index (χ0) is 18.3. The van der Waals surface area contributed by atoms with Gasteiger partial charge in [0.25, 0.3) is 5.69 Å². The molecule has 4 fully saturated rings. The van der Waals surface area contributed by atoms with Crippen LogP contribution in [-0.2, 0) is 14.4 Å². The number of hydrogen-bond acceptors (Lipinski definition) is 6. The molecule has 2 aliphatic heterocycles. The summed E-state index contributed by atoms with van der Waals surface area (Å²) < 4.78 is 0. The quantitative estimate of drug-likeness (QED) is 0.360. The van der Waals surface area contributed by atoms with E-state index in [-0.39, 0.29) is 29.6 Å². The highest BCUT2D eigenvalue weighted by molar-refractivity contribution is 6.08. The molecule has 4 aliphatic rings. The maximum Gasteiger partial charge on any atom is 0.323 e. The van der Waals surface area contributed by atoms with E-state index in [1.54, 1.807) is 18.2 Å². The van der Waals surface area contributed by atoms with E-state index < -0.39 is 41.1 Å². The molecule has 2 bridgehead atoms. The van der Waals surface area contributed by atoms with Gasteiger partial charge in [-0.2, -0.15) is 0 Å². The molecule has 2 saturated heterocycles. The number of imide groups is 1. The van der Waals surface area contributed by atoms with Gasteiger partial charge in [-0.05, 0) is 24.3 Å². The van der Waals surface area contributed by atoms with E-state index in [0.717, 1.165) is 11.3 Å². The lowest BCUT2D eigenvalue weighted by Crippen LogP contribution is -2.38. The zero-order valence-electron chi connectivity index (χ0n) is 13.5. The molecule has 9 nitrogen and oxygen atoms in total. The zero-order valence-corrected chi connectivity index (χ0v) is 13.5. The van der Waals surface area contributed by atoms with Gasteiger partial charge in [0.1, 0.15) is 12.2 Å². The second kappa shape index (κ2) is 4.80. The number of amides is 2. The average molecular weight is 357 g/mol. The van der Waals surface area contributed by atoms with Crippen molar-refractivity contribution in [2.24, 2.45) is 23.7 Å². The van der Waals surface area contributed by atoms with E-state index in [4.69, 9.17) is 5.11 Å². The number of nitro groups is 1. The van der Waals surface area contributed by atoms with Crippen molar-refractivity contribution in [3.8, 4) is 0 Å². The van der Waals surface area contributed by atoms with Gasteiger partial charge < -0.3 is 10.0 Å². The molecule has 134 valence electrons. The van der Waals surface area contributed by atoms with Crippen LogP contribution < -0.4 is 4.90 Å². The Bertz CT molecular complexity index is 851. The van der Waals surface area contributed by atoms with Crippen LogP contribution in [0.5, 0.6) is 0 Å². The van der Waals surface area contributed by atoms with E-state index in [2.05, 4.69) is 0 Å². The maximum absolute atomic E-state index is 12.6. The molecule has 0 aromatic heterocycles. The molecule has 1 N–H and O–H groups in total. The van der Waals surface area contributed by atoms with Gasteiger partial charge in [-0.25, -0.2) is 0 Å². The Morgan fingerprint density at radius 1 is 1.15 bits per heavy atom.